The number of likely N-dealkylation sites (N-methyl/N-ethyl adjacent to an activating group) is 1. The van der Waals surface area contributed by atoms with Crippen LogP contribution in [0, 0.1) is 5.41 Å². The second kappa shape index (κ2) is 9.65. The monoisotopic (exact) mass is 275 g/mol. The summed E-state index contributed by atoms with van der Waals surface area (Å²) < 4.78 is 0. The topological polar surface area (TPSA) is 111 Å². The molecule has 0 radical (unpaired) electrons. The van der Waals surface area contributed by atoms with Gasteiger partial charge in [0.25, 0.3) is 0 Å². The van der Waals surface area contributed by atoms with Crippen LogP contribution in [-0.2, 0) is 9.59 Å². The van der Waals surface area contributed by atoms with E-state index in [1.807, 2.05) is 0 Å². The third-order valence-electron chi connectivity index (χ3n) is 2.17. The number of rotatable bonds is 8. The van der Waals surface area contributed by atoms with Crippen LogP contribution in [0.2, 0.25) is 0 Å². The largest absolute Gasteiger partial charge is 0.370 e. The van der Waals surface area contributed by atoms with Gasteiger partial charge in [0.15, 0.2) is 5.96 Å². The maximum Gasteiger partial charge on any atom is 0.239 e. The van der Waals surface area contributed by atoms with Gasteiger partial charge in [-0.3, -0.25) is 15.0 Å². The Morgan fingerprint density at radius 1 is 1.28 bits per heavy atom. The van der Waals surface area contributed by atoms with E-state index >= 15 is 0 Å². The van der Waals surface area contributed by atoms with Crippen LogP contribution in [0.25, 0.3) is 0 Å². The number of amides is 2. The van der Waals surface area contributed by atoms with Gasteiger partial charge in [0, 0.05) is 26.6 Å². The minimum atomic E-state index is -0.230. The molecule has 0 aromatic carbocycles. The number of hydrogen-bond donors (Lipinski definition) is 4. The van der Waals surface area contributed by atoms with Crippen LogP contribution >= 0.6 is 9.24 Å². The van der Waals surface area contributed by atoms with Crippen molar-refractivity contribution in [2.45, 2.75) is 12.8 Å². The Labute approximate surface area is 110 Å². The van der Waals surface area contributed by atoms with E-state index in [2.05, 4.69) is 19.9 Å². The third-order valence-corrected chi connectivity index (χ3v) is 2.58. The van der Waals surface area contributed by atoms with Crippen LogP contribution < -0.4 is 16.4 Å². The Kier molecular flexibility index (Phi) is 8.92. The highest BCUT2D eigenvalue weighted by Crippen LogP contribution is 1.92. The van der Waals surface area contributed by atoms with Crippen LogP contribution in [0.4, 0.5) is 0 Å². The quantitative estimate of drug-likeness (QED) is 0.191. The molecule has 0 aromatic heterocycles. The number of guanidine groups is 1. The van der Waals surface area contributed by atoms with Gasteiger partial charge in [0.2, 0.25) is 11.8 Å². The Morgan fingerprint density at radius 3 is 2.33 bits per heavy atom. The molecule has 0 aliphatic rings. The van der Waals surface area contributed by atoms with Crippen LogP contribution in [0.1, 0.15) is 12.8 Å². The summed E-state index contributed by atoms with van der Waals surface area (Å²) in [4.78, 5) is 23.9. The Balaban J connectivity index is 3.57. The van der Waals surface area contributed by atoms with Gasteiger partial charge in [0.1, 0.15) is 0 Å². The molecule has 0 rings (SSSR count). The number of carbonyl (C=O) groups excluding carboxylic acids is 2. The first-order valence-corrected chi connectivity index (χ1v) is 6.57. The number of nitrogens with one attached hydrogen (secondary N) is 3. The molecule has 5 N–H and O–H groups in total. The molecule has 0 saturated heterocycles. The van der Waals surface area contributed by atoms with Crippen LogP contribution in [0.15, 0.2) is 0 Å². The molecular formula is C10H22N5O2P. The first-order valence-electron chi connectivity index (χ1n) is 5.76. The van der Waals surface area contributed by atoms with Crippen molar-refractivity contribution < 1.29 is 9.59 Å². The fourth-order valence-electron chi connectivity index (χ4n) is 1.11. The molecule has 0 bridgehead atoms. The smallest absolute Gasteiger partial charge is 0.239 e. The summed E-state index contributed by atoms with van der Waals surface area (Å²) in [6, 6.07) is 0. The third kappa shape index (κ3) is 8.75. The van der Waals surface area contributed by atoms with E-state index in [4.69, 9.17) is 11.1 Å². The van der Waals surface area contributed by atoms with Crippen LogP contribution in [0.3, 0.4) is 0 Å². The molecule has 2 amide bonds. The molecule has 0 saturated carbocycles. The van der Waals surface area contributed by atoms with Gasteiger partial charge in [-0.05, 0) is 12.6 Å². The maximum absolute atomic E-state index is 11.4. The molecule has 1 unspecified atom stereocenters. The SMILES string of the molecule is CN(CC(=O)NCCNC(=O)CCCP)C(=N)N. The van der Waals surface area contributed by atoms with E-state index in [0.29, 0.717) is 19.5 Å². The van der Waals surface area contributed by atoms with E-state index in [1.54, 1.807) is 7.05 Å². The van der Waals surface area contributed by atoms with Gasteiger partial charge in [-0.25, -0.2) is 0 Å². The average molecular weight is 275 g/mol. The fraction of sp³-hybridized carbons (Fsp3) is 0.700. The Hall–Kier alpha value is -1.36. The minimum Gasteiger partial charge on any atom is -0.370 e. The van der Waals surface area contributed by atoms with Crippen molar-refractivity contribution in [1.29, 1.82) is 5.41 Å². The first-order chi connectivity index (χ1) is 8.47. The summed E-state index contributed by atoms with van der Waals surface area (Å²) in [5.74, 6) is -0.393. The molecule has 0 aliphatic carbocycles. The molecule has 0 spiro atoms. The normalized spacial score (nSPS) is 9.67. The number of carbonyl (C=O) groups is 2. The van der Waals surface area contributed by atoms with Gasteiger partial charge in [-0.15, -0.1) is 9.24 Å². The second-order valence-electron chi connectivity index (χ2n) is 3.83. The minimum absolute atomic E-state index is 0.00690. The van der Waals surface area contributed by atoms with Gasteiger partial charge in [-0.1, -0.05) is 0 Å². The van der Waals surface area contributed by atoms with Crippen molar-refractivity contribution in [2.75, 3.05) is 32.8 Å². The van der Waals surface area contributed by atoms with Crippen LogP contribution in [-0.4, -0.2) is 55.5 Å². The van der Waals surface area contributed by atoms with Crippen molar-refractivity contribution in [3.8, 4) is 0 Å². The predicted molar refractivity (Wildman–Crippen MR) is 74.4 cm³/mol. The van der Waals surface area contributed by atoms with E-state index in [9.17, 15) is 9.59 Å². The maximum atomic E-state index is 11.4. The lowest BCUT2D eigenvalue weighted by Crippen LogP contribution is -2.43. The lowest BCUT2D eigenvalue weighted by atomic mass is 10.3. The molecule has 0 aliphatic heterocycles. The van der Waals surface area contributed by atoms with E-state index in [0.717, 1.165) is 12.6 Å². The van der Waals surface area contributed by atoms with Crippen molar-refractivity contribution in [3.05, 3.63) is 0 Å². The van der Waals surface area contributed by atoms with Crippen molar-refractivity contribution in [2.24, 2.45) is 5.73 Å². The lowest BCUT2D eigenvalue weighted by Gasteiger charge is -2.15. The van der Waals surface area contributed by atoms with E-state index in [-0.39, 0.29) is 24.3 Å². The summed E-state index contributed by atoms with van der Waals surface area (Å²) in [5.41, 5.74) is 5.20. The summed E-state index contributed by atoms with van der Waals surface area (Å²) in [5, 5.41) is 12.4. The molecule has 104 valence electrons. The molecule has 0 fully saturated rings. The average Bonchev–Trinajstić information content (AvgIpc) is 2.31. The highest BCUT2D eigenvalue weighted by Gasteiger charge is 2.06. The van der Waals surface area contributed by atoms with Crippen molar-refractivity contribution in [1.82, 2.24) is 15.5 Å². The van der Waals surface area contributed by atoms with Crippen molar-refractivity contribution >= 4 is 27.0 Å². The number of nitrogens with two attached hydrogens (primary N) is 1. The second-order valence-corrected chi connectivity index (χ2v) is 4.41. The molecule has 0 heterocycles. The molecule has 8 heteroatoms. The highest BCUT2D eigenvalue weighted by molar-refractivity contribution is 7.16. The van der Waals surface area contributed by atoms with Crippen LogP contribution in [0.5, 0.6) is 0 Å². The van der Waals surface area contributed by atoms with Gasteiger partial charge in [0.05, 0.1) is 6.54 Å². The summed E-state index contributed by atoms with van der Waals surface area (Å²) >= 11 is 0. The molecule has 7 nitrogen and oxygen atoms in total. The zero-order chi connectivity index (χ0) is 14.0. The molecule has 0 aromatic rings. The first kappa shape index (κ1) is 16.6. The summed E-state index contributed by atoms with van der Waals surface area (Å²) in [7, 11) is 4.13. The Bertz CT molecular complexity index is 298. The van der Waals surface area contributed by atoms with Gasteiger partial charge >= 0.3 is 0 Å². The zero-order valence-electron chi connectivity index (χ0n) is 10.7. The summed E-state index contributed by atoms with van der Waals surface area (Å²) in [6.07, 6.45) is 2.25. The Morgan fingerprint density at radius 2 is 1.83 bits per heavy atom. The zero-order valence-corrected chi connectivity index (χ0v) is 11.8. The fourth-order valence-corrected chi connectivity index (χ4v) is 1.32. The highest BCUT2D eigenvalue weighted by atomic mass is 31.0. The molecule has 18 heavy (non-hydrogen) atoms. The van der Waals surface area contributed by atoms with Crippen molar-refractivity contribution in [3.63, 3.8) is 0 Å². The van der Waals surface area contributed by atoms with Gasteiger partial charge in [-0.2, -0.15) is 0 Å². The van der Waals surface area contributed by atoms with E-state index < -0.39 is 0 Å². The predicted octanol–water partition coefficient (Wildman–Crippen LogP) is -1.30. The van der Waals surface area contributed by atoms with Gasteiger partial charge < -0.3 is 21.3 Å². The molecule has 1 atom stereocenters. The van der Waals surface area contributed by atoms with E-state index in [1.165, 1.54) is 4.90 Å². The summed E-state index contributed by atoms with van der Waals surface area (Å²) in [6.45, 7) is 0.818. The standard InChI is InChI=1S/C10H22N5O2P/c1-15(10(11)12)7-9(17)14-5-4-13-8(16)3-2-6-18/h2-7,18H2,1H3,(H3,11,12)(H,13,16)(H,14,17). The molecular weight excluding hydrogens is 253 g/mol. The number of hydrogen-bond acceptors (Lipinski definition) is 3. The lowest BCUT2D eigenvalue weighted by molar-refractivity contribution is -0.123. The number of nitrogens with zero attached hydrogens (tertiary/aromatic N) is 1.